The predicted molar refractivity (Wildman–Crippen MR) is 64.4 cm³/mol. The van der Waals surface area contributed by atoms with E-state index >= 15 is 0 Å². The number of aliphatic hydroxyl groups is 1. The fourth-order valence-electron chi connectivity index (χ4n) is 1.48. The number of nitrogens with one attached hydrogen (secondary N) is 1. The van der Waals surface area contributed by atoms with E-state index in [0.717, 1.165) is 17.2 Å². The Balaban J connectivity index is 1.65. The highest BCUT2D eigenvalue weighted by molar-refractivity contribution is 7.99. The van der Waals surface area contributed by atoms with Gasteiger partial charge < -0.3 is 10.4 Å². The van der Waals surface area contributed by atoms with E-state index in [0.29, 0.717) is 6.04 Å². The standard InChI is InChI=1S/C11H17N3OS/c15-7-10(14-9-1-2-9)4-6-16-11-3-5-12-8-13-11/h3,5,8-10,14-15H,1-2,4,6-7H2. The monoisotopic (exact) mass is 239 g/mol. The van der Waals surface area contributed by atoms with Crippen LogP contribution in [0.15, 0.2) is 23.6 Å². The van der Waals surface area contributed by atoms with Crippen LogP contribution in [0, 0.1) is 0 Å². The van der Waals surface area contributed by atoms with E-state index in [1.54, 1.807) is 24.3 Å². The van der Waals surface area contributed by atoms with Crippen molar-refractivity contribution in [2.24, 2.45) is 0 Å². The van der Waals surface area contributed by atoms with E-state index in [1.807, 2.05) is 6.07 Å². The van der Waals surface area contributed by atoms with E-state index in [2.05, 4.69) is 15.3 Å². The van der Waals surface area contributed by atoms with Crippen LogP contribution in [0.4, 0.5) is 0 Å². The molecule has 0 bridgehead atoms. The Morgan fingerprint density at radius 1 is 1.56 bits per heavy atom. The molecule has 16 heavy (non-hydrogen) atoms. The number of nitrogens with zero attached hydrogens (tertiary/aromatic N) is 2. The first-order chi connectivity index (χ1) is 7.88. The van der Waals surface area contributed by atoms with Gasteiger partial charge in [0.1, 0.15) is 6.33 Å². The Hall–Kier alpha value is -0.650. The average Bonchev–Trinajstić information content (AvgIpc) is 3.13. The second-order valence-electron chi connectivity index (χ2n) is 4.01. The van der Waals surface area contributed by atoms with Gasteiger partial charge in [0, 0.05) is 24.0 Å². The lowest BCUT2D eigenvalue weighted by Crippen LogP contribution is -2.34. The van der Waals surface area contributed by atoms with Crippen molar-refractivity contribution in [2.45, 2.75) is 36.4 Å². The zero-order valence-corrected chi connectivity index (χ0v) is 9.99. The molecule has 2 rings (SSSR count). The summed E-state index contributed by atoms with van der Waals surface area (Å²) in [5, 5.41) is 13.6. The maximum absolute atomic E-state index is 9.20. The van der Waals surface area contributed by atoms with Gasteiger partial charge in [-0.15, -0.1) is 11.8 Å². The van der Waals surface area contributed by atoms with Crippen LogP contribution in [0.3, 0.4) is 0 Å². The Morgan fingerprint density at radius 2 is 2.44 bits per heavy atom. The number of rotatable bonds is 7. The molecule has 1 heterocycles. The molecule has 1 aromatic rings. The third kappa shape index (κ3) is 4.08. The summed E-state index contributed by atoms with van der Waals surface area (Å²) >= 11 is 1.71. The van der Waals surface area contributed by atoms with Crippen molar-refractivity contribution in [1.29, 1.82) is 0 Å². The Morgan fingerprint density at radius 3 is 3.06 bits per heavy atom. The maximum Gasteiger partial charge on any atom is 0.116 e. The van der Waals surface area contributed by atoms with Crippen molar-refractivity contribution >= 4 is 11.8 Å². The molecule has 1 saturated carbocycles. The molecule has 0 radical (unpaired) electrons. The van der Waals surface area contributed by atoms with Crippen molar-refractivity contribution < 1.29 is 5.11 Å². The van der Waals surface area contributed by atoms with Gasteiger partial charge in [-0.2, -0.15) is 0 Å². The predicted octanol–water partition coefficient (Wildman–Crippen LogP) is 1.07. The number of aromatic nitrogens is 2. The van der Waals surface area contributed by atoms with Crippen molar-refractivity contribution in [3.63, 3.8) is 0 Å². The van der Waals surface area contributed by atoms with Crippen molar-refractivity contribution in [3.8, 4) is 0 Å². The van der Waals surface area contributed by atoms with Gasteiger partial charge in [0.15, 0.2) is 0 Å². The van der Waals surface area contributed by atoms with Crippen LogP contribution >= 0.6 is 11.8 Å². The fraction of sp³-hybridized carbons (Fsp3) is 0.636. The van der Waals surface area contributed by atoms with Crippen LogP contribution in [0.1, 0.15) is 19.3 Å². The largest absolute Gasteiger partial charge is 0.395 e. The Labute approximate surface area is 99.9 Å². The molecule has 2 N–H and O–H groups in total. The van der Waals surface area contributed by atoms with Gasteiger partial charge in [-0.3, -0.25) is 0 Å². The van der Waals surface area contributed by atoms with Gasteiger partial charge in [-0.1, -0.05) is 0 Å². The molecule has 1 aromatic heterocycles. The lowest BCUT2D eigenvalue weighted by Gasteiger charge is -2.14. The van der Waals surface area contributed by atoms with Gasteiger partial charge in [0.25, 0.3) is 0 Å². The molecule has 0 amide bonds. The lowest BCUT2D eigenvalue weighted by molar-refractivity contribution is 0.239. The molecular weight excluding hydrogens is 222 g/mol. The summed E-state index contributed by atoms with van der Waals surface area (Å²) in [6.45, 7) is 0.223. The molecule has 0 saturated heterocycles. The molecule has 5 heteroatoms. The van der Waals surface area contributed by atoms with Crippen molar-refractivity contribution in [1.82, 2.24) is 15.3 Å². The summed E-state index contributed by atoms with van der Waals surface area (Å²) in [5.41, 5.74) is 0. The minimum atomic E-state index is 0.223. The van der Waals surface area contributed by atoms with Crippen LogP contribution < -0.4 is 5.32 Å². The zero-order valence-electron chi connectivity index (χ0n) is 9.17. The molecule has 0 spiro atoms. The molecule has 1 aliphatic rings. The maximum atomic E-state index is 9.20. The van der Waals surface area contributed by atoms with E-state index in [-0.39, 0.29) is 12.6 Å². The van der Waals surface area contributed by atoms with Crippen molar-refractivity contribution in [2.75, 3.05) is 12.4 Å². The van der Waals surface area contributed by atoms with Crippen LogP contribution in [-0.2, 0) is 0 Å². The third-order valence-electron chi connectivity index (χ3n) is 2.54. The summed E-state index contributed by atoms with van der Waals surface area (Å²) in [6.07, 6.45) is 6.81. The quantitative estimate of drug-likeness (QED) is 0.550. The van der Waals surface area contributed by atoms with Gasteiger partial charge in [0.2, 0.25) is 0 Å². The molecule has 0 aromatic carbocycles. The third-order valence-corrected chi connectivity index (χ3v) is 3.52. The molecule has 1 aliphatic carbocycles. The summed E-state index contributed by atoms with van der Waals surface area (Å²) in [5.74, 6) is 0.974. The fourth-order valence-corrected chi connectivity index (χ4v) is 2.37. The molecule has 4 nitrogen and oxygen atoms in total. The number of thioether (sulfide) groups is 1. The van der Waals surface area contributed by atoms with Gasteiger partial charge >= 0.3 is 0 Å². The van der Waals surface area contributed by atoms with Gasteiger partial charge in [-0.25, -0.2) is 9.97 Å². The zero-order chi connectivity index (χ0) is 11.2. The highest BCUT2D eigenvalue weighted by Gasteiger charge is 2.23. The molecule has 1 atom stereocenters. The summed E-state index contributed by atoms with van der Waals surface area (Å²) in [4.78, 5) is 8.02. The first kappa shape index (κ1) is 11.8. The van der Waals surface area contributed by atoms with Gasteiger partial charge in [0.05, 0.1) is 11.6 Å². The lowest BCUT2D eigenvalue weighted by atomic mass is 10.2. The first-order valence-corrected chi connectivity index (χ1v) is 6.63. The van der Waals surface area contributed by atoms with E-state index in [4.69, 9.17) is 0 Å². The normalized spacial score (nSPS) is 17.3. The number of hydrogen-bond acceptors (Lipinski definition) is 5. The van der Waals surface area contributed by atoms with Crippen LogP contribution in [-0.4, -0.2) is 39.5 Å². The summed E-state index contributed by atoms with van der Waals surface area (Å²) in [7, 11) is 0. The Bertz CT molecular complexity index is 305. The highest BCUT2D eigenvalue weighted by Crippen LogP contribution is 2.21. The minimum absolute atomic E-state index is 0.223. The van der Waals surface area contributed by atoms with Crippen LogP contribution in [0.25, 0.3) is 0 Å². The topological polar surface area (TPSA) is 58.0 Å². The highest BCUT2D eigenvalue weighted by atomic mass is 32.2. The van der Waals surface area contributed by atoms with E-state index in [9.17, 15) is 5.11 Å². The molecule has 88 valence electrons. The van der Waals surface area contributed by atoms with Crippen molar-refractivity contribution in [3.05, 3.63) is 18.6 Å². The SMILES string of the molecule is OCC(CCSc1ccncn1)NC1CC1. The summed E-state index contributed by atoms with van der Waals surface area (Å²) < 4.78 is 0. The number of aliphatic hydroxyl groups excluding tert-OH is 1. The molecular formula is C11H17N3OS. The first-order valence-electron chi connectivity index (χ1n) is 5.64. The van der Waals surface area contributed by atoms with Crippen LogP contribution in [0.5, 0.6) is 0 Å². The Kier molecular flexibility index (Phi) is 4.56. The number of hydrogen-bond donors (Lipinski definition) is 2. The minimum Gasteiger partial charge on any atom is -0.395 e. The van der Waals surface area contributed by atoms with E-state index in [1.165, 1.54) is 12.8 Å². The molecule has 1 fully saturated rings. The van der Waals surface area contributed by atoms with E-state index < -0.39 is 0 Å². The van der Waals surface area contributed by atoms with Crippen LogP contribution in [0.2, 0.25) is 0 Å². The summed E-state index contributed by atoms with van der Waals surface area (Å²) in [6, 6.07) is 2.80. The average molecular weight is 239 g/mol. The second-order valence-corrected chi connectivity index (χ2v) is 5.12. The molecule has 1 unspecified atom stereocenters. The van der Waals surface area contributed by atoms with Gasteiger partial charge in [-0.05, 0) is 25.3 Å². The molecule has 0 aliphatic heterocycles. The second kappa shape index (κ2) is 6.18. The smallest absolute Gasteiger partial charge is 0.116 e.